The maximum atomic E-state index is 13.1. The van der Waals surface area contributed by atoms with Gasteiger partial charge in [0.15, 0.2) is 6.61 Å². The average Bonchev–Trinajstić information content (AvgIpc) is 3.46. The van der Waals surface area contributed by atoms with Gasteiger partial charge in [0.2, 0.25) is 0 Å². The zero-order valence-corrected chi connectivity index (χ0v) is 17.5. The minimum atomic E-state index is 0.0446. The van der Waals surface area contributed by atoms with Crippen molar-refractivity contribution >= 4 is 5.91 Å². The number of nitrogens with zero attached hydrogens (tertiary/aromatic N) is 3. The van der Waals surface area contributed by atoms with Crippen LogP contribution in [0.25, 0.3) is 0 Å². The molecular weight excluding hydrogens is 366 g/mol. The van der Waals surface area contributed by atoms with E-state index in [2.05, 4.69) is 0 Å². The highest BCUT2D eigenvalue weighted by Gasteiger charge is 2.30. The number of carbonyl (C=O) groups is 1. The number of aromatic nitrogens is 2. The number of carbonyl (C=O) groups excluding carboxylic acids is 1. The molecule has 0 N–H and O–H groups in total. The van der Waals surface area contributed by atoms with Gasteiger partial charge in [0, 0.05) is 18.8 Å². The lowest BCUT2D eigenvalue weighted by molar-refractivity contribution is -0.136. The van der Waals surface area contributed by atoms with Crippen molar-refractivity contribution in [2.75, 3.05) is 13.2 Å². The van der Waals surface area contributed by atoms with E-state index >= 15 is 0 Å². The predicted octanol–water partition coefficient (Wildman–Crippen LogP) is 3.66. The van der Waals surface area contributed by atoms with E-state index in [1.165, 1.54) is 30.5 Å². The molecule has 1 amide bonds. The molecule has 0 unspecified atom stereocenters. The minimum absolute atomic E-state index is 0.0446. The van der Waals surface area contributed by atoms with Crippen molar-refractivity contribution in [2.45, 2.75) is 64.5 Å². The number of benzene rings is 1. The summed E-state index contributed by atoms with van der Waals surface area (Å²) in [5.74, 6) is 1.54. The molecule has 0 bridgehead atoms. The summed E-state index contributed by atoms with van der Waals surface area (Å²) in [5.41, 5.74) is 3.77. The highest BCUT2D eigenvalue weighted by molar-refractivity contribution is 5.78. The Morgan fingerprint density at radius 3 is 2.48 bits per heavy atom. The van der Waals surface area contributed by atoms with Crippen LogP contribution in [0.15, 0.2) is 24.3 Å². The topological polar surface area (TPSA) is 56.6 Å². The Labute approximate surface area is 172 Å². The van der Waals surface area contributed by atoms with Crippen LogP contribution in [0, 0.1) is 0 Å². The summed E-state index contributed by atoms with van der Waals surface area (Å²) >= 11 is 0. The molecule has 1 aromatic heterocycles. The van der Waals surface area contributed by atoms with Gasteiger partial charge in [0.25, 0.3) is 5.91 Å². The molecule has 2 aliphatic rings. The first-order valence-electron chi connectivity index (χ1n) is 10.8. The van der Waals surface area contributed by atoms with Gasteiger partial charge in [-0.25, -0.2) is 0 Å². The van der Waals surface area contributed by atoms with Crippen LogP contribution in [0.3, 0.4) is 0 Å². The molecule has 6 nitrogen and oxygen atoms in total. The van der Waals surface area contributed by atoms with Crippen molar-refractivity contribution < 1.29 is 14.3 Å². The van der Waals surface area contributed by atoms with E-state index in [4.69, 9.17) is 14.6 Å². The van der Waals surface area contributed by atoms with E-state index < -0.39 is 0 Å². The second kappa shape index (κ2) is 8.89. The number of amides is 1. The van der Waals surface area contributed by atoms with Gasteiger partial charge >= 0.3 is 0 Å². The zero-order chi connectivity index (χ0) is 20.2. The lowest BCUT2D eigenvalue weighted by Crippen LogP contribution is -2.41. The molecule has 4 rings (SSSR count). The van der Waals surface area contributed by atoms with E-state index in [-0.39, 0.29) is 12.5 Å². The molecule has 6 heteroatoms. The molecular formula is C23H31N3O3. The van der Waals surface area contributed by atoms with Crippen molar-refractivity contribution in [3.8, 4) is 11.5 Å². The molecule has 0 aliphatic heterocycles. The fourth-order valence-electron chi connectivity index (χ4n) is 4.65. The molecule has 0 saturated heterocycles. The summed E-state index contributed by atoms with van der Waals surface area (Å²) in [6.07, 6.45) is 7.88. The van der Waals surface area contributed by atoms with E-state index in [1.54, 1.807) is 0 Å². The van der Waals surface area contributed by atoms with Crippen molar-refractivity contribution in [3.63, 3.8) is 0 Å². The highest BCUT2D eigenvalue weighted by atomic mass is 16.5. The van der Waals surface area contributed by atoms with Crippen LogP contribution in [0.4, 0.5) is 0 Å². The predicted molar refractivity (Wildman–Crippen MR) is 111 cm³/mol. The Morgan fingerprint density at radius 1 is 1.10 bits per heavy atom. The Kier molecular flexibility index (Phi) is 6.07. The van der Waals surface area contributed by atoms with Crippen molar-refractivity contribution in [1.82, 2.24) is 14.7 Å². The smallest absolute Gasteiger partial charge is 0.261 e. The lowest BCUT2D eigenvalue weighted by Gasteiger charge is -2.28. The summed E-state index contributed by atoms with van der Waals surface area (Å²) in [6.45, 7) is 3.24. The molecule has 1 aromatic carbocycles. The number of ether oxygens (including phenoxy) is 2. The highest BCUT2D eigenvalue weighted by Crippen LogP contribution is 2.29. The van der Waals surface area contributed by atoms with Crippen LogP contribution in [-0.4, -0.2) is 39.8 Å². The molecule has 2 aromatic rings. The van der Waals surface area contributed by atoms with Gasteiger partial charge in [0.05, 0.1) is 18.8 Å². The molecule has 1 fully saturated rings. The van der Waals surface area contributed by atoms with Gasteiger partial charge in [-0.2, -0.15) is 5.10 Å². The third-order valence-electron chi connectivity index (χ3n) is 6.10. The van der Waals surface area contributed by atoms with Gasteiger partial charge in [-0.15, -0.1) is 0 Å². The van der Waals surface area contributed by atoms with Gasteiger partial charge in [0.1, 0.15) is 11.5 Å². The summed E-state index contributed by atoms with van der Waals surface area (Å²) in [4.78, 5) is 15.1. The normalized spacial score (nSPS) is 16.1. The first kappa shape index (κ1) is 19.8. The maximum Gasteiger partial charge on any atom is 0.261 e. The fourth-order valence-corrected chi connectivity index (χ4v) is 4.65. The van der Waals surface area contributed by atoms with Crippen molar-refractivity contribution in [2.24, 2.45) is 7.05 Å². The number of hydrogen-bond acceptors (Lipinski definition) is 4. The largest absolute Gasteiger partial charge is 0.494 e. The average molecular weight is 398 g/mol. The van der Waals surface area contributed by atoms with Gasteiger partial charge in [-0.3, -0.25) is 9.48 Å². The van der Waals surface area contributed by atoms with Crippen molar-refractivity contribution in [1.29, 1.82) is 0 Å². The van der Waals surface area contributed by atoms with Gasteiger partial charge in [-0.05, 0) is 68.9 Å². The number of hydrogen-bond donors (Lipinski definition) is 0. The van der Waals surface area contributed by atoms with Crippen LogP contribution >= 0.6 is 0 Å². The number of fused-ring (bicyclic) bond motifs is 1. The Balaban J connectivity index is 1.44. The van der Waals surface area contributed by atoms with Crippen LogP contribution in [0.2, 0.25) is 0 Å². The molecule has 0 radical (unpaired) electrons. The first-order chi connectivity index (χ1) is 14.2. The second-order valence-electron chi connectivity index (χ2n) is 8.00. The molecule has 156 valence electrons. The van der Waals surface area contributed by atoms with Crippen LogP contribution in [-0.2, 0) is 31.2 Å². The maximum absolute atomic E-state index is 13.1. The third kappa shape index (κ3) is 4.41. The summed E-state index contributed by atoms with van der Waals surface area (Å²) < 4.78 is 13.3. The quantitative estimate of drug-likeness (QED) is 0.682. The molecule has 29 heavy (non-hydrogen) atoms. The second-order valence-corrected chi connectivity index (χ2v) is 8.00. The monoisotopic (exact) mass is 397 g/mol. The Hall–Kier alpha value is -2.50. The van der Waals surface area contributed by atoms with Crippen molar-refractivity contribution in [3.05, 3.63) is 41.2 Å². The standard InChI is InChI=1S/C23H31N3O3/c1-3-28-18-11-13-19(14-12-18)29-16-23(27)26(17-7-4-5-8-17)15-21-20-9-6-10-22(20)25(2)24-21/h11-14,17H,3-10,15-16H2,1-2H3. The lowest BCUT2D eigenvalue weighted by atomic mass is 10.1. The zero-order valence-electron chi connectivity index (χ0n) is 17.5. The van der Waals surface area contributed by atoms with E-state index in [1.807, 2.05) is 47.8 Å². The first-order valence-corrected chi connectivity index (χ1v) is 10.8. The van der Waals surface area contributed by atoms with Gasteiger partial charge < -0.3 is 14.4 Å². The Morgan fingerprint density at radius 2 is 1.79 bits per heavy atom. The van der Waals surface area contributed by atoms with Crippen LogP contribution < -0.4 is 9.47 Å². The van der Waals surface area contributed by atoms with E-state index in [0.717, 1.165) is 37.1 Å². The molecule has 1 heterocycles. The third-order valence-corrected chi connectivity index (χ3v) is 6.10. The van der Waals surface area contributed by atoms with Gasteiger partial charge in [-0.1, -0.05) is 12.8 Å². The fraction of sp³-hybridized carbons (Fsp3) is 0.565. The molecule has 0 atom stereocenters. The Bertz CT molecular complexity index is 838. The SMILES string of the molecule is CCOc1ccc(OCC(=O)N(Cc2nn(C)c3c2CCC3)C2CCCC2)cc1. The summed E-state index contributed by atoms with van der Waals surface area (Å²) in [5, 5.41) is 4.74. The molecule has 0 spiro atoms. The number of aryl methyl sites for hydroxylation is 1. The number of rotatable bonds is 8. The minimum Gasteiger partial charge on any atom is -0.494 e. The summed E-state index contributed by atoms with van der Waals surface area (Å²) in [7, 11) is 2.02. The van der Waals surface area contributed by atoms with E-state index in [0.29, 0.717) is 24.9 Å². The van der Waals surface area contributed by atoms with E-state index in [9.17, 15) is 4.79 Å². The molecule has 1 saturated carbocycles. The molecule has 2 aliphatic carbocycles. The van der Waals surface area contributed by atoms with Crippen LogP contribution in [0.1, 0.15) is 56.0 Å². The summed E-state index contributed by atoms with van der Waals surface area (Å²) in [6, 6.07) is 7.74. The van der Waals surface area contributed by atoms with Crippen LogP contribution in [0.5, 0.6) is 11.5 Å².